The zero-order valence-corrected chi connectivity index (χ0v) is 9.23. The number of aromatic carboxylic acids is 1. The molecule has 4 nitrogen and oxygen atoms in total. The van der Waals surface area contributed by atoms with Gasteiger partial charge in [-0.3, -0.25) is 4.79 Å². The van der Waals surface area contributed by atoms with Gasteiger partial charge in [-0.1, -0.05) is 24.3 Å². The Labute approximate surface area is 97.9 Å². The number of benzene rings is 2. The van der Waals surface area contributed by atoms with Gasteiger partial charge in [0.2, 0.25) is 5.91 Å². The summed E-state index contributed by atoms with van der Waals surface area (Å²) < 4.78 is 0. The number of carboxylic acids is 1. The van der Waals surface area contributed by atoms with E-state index in [1.165, 1.54) is 6.92 Å². The lowest BCUT2D eigenvalue weighted by molar-refractivity contribution is -0.114. The average Bonchev–Trinajstić information content (AvgIpc) is 2.27. The van der Waals surface area contributed by atoms with Crippen molar-refractivity contribution in [1.29, 1.82) is 0 Å². The van der Waals surface area contributed by atoms with Gasteiger partial charge in [-0.25, -0.2) is 4.79 Å². The van der Waals surface area contributed by atoms with Gasteiger partial charge in [0.1, 0.15) is 0 Å². The standard InChI is InChI=1S/C13H11NO3/c1-8(15)14-12-7-10-5-3-2-4-9(10)6-11(12)13(16)17/h2-7H,1H3,(H,14,15)(H,16,17). The third-order valence-corrected chi connectivity index (χ3v) is 2.43. The molecule has 0 fully saturated rings. The summed E-state index contributed by atoms with van der Waals surface area (Å²) in [4.78, 5) is 22.1. The first-order valence-electron chi connectivity index (χ1n) is 5.11. The number of nitrogens with one attached hydrogen (secondary N) is 1. The summed E-state index contributed by atoms with van der Waals surface area (Å²) in [6.07, 6.45) is 0. The minimum atomic E-state index is -1.06. The zero-order chi connectivity index (χ0) is 12.4. The van der Waals surface area contributed by atoms with E-state index < -0.39 is 5.97 Å². The number of amides is 1. The quantitative estimate of drug-likeness (QED) is 0.831. The van der Waals surface area contributed by atoms with Crippen LogP contribution in [0.5, 0.6) is 0 Å². The number of hydrogen-bond acceptors (Lipinski definition) is 2. The van der Waals surface area contributed by atoms with Crippen LogP contribution in [0.4, 0.5) is 5.69 Å². The van der Waals surface area contributed by atoms with Crippen molar-refractivity contribution in [2.75, 3.05) is 5.32 Å². The average molecular weight is 229 g/mol. The van der Waals surface area contributed by atoms with E-state index >= 15 is 0 Å². The van der Waals surface area contributed by atoms with Gasteiger partial charge in [0.05, 0.1) is 11.3 Å². The Hall–Kier alpha value is -2.36. The van der Waals surface area contributed by atoms with Gasteiger partial charge in [-0.2, -0.15) is 0 Å². The number of fused-ring (bicyclic) bond motifs is 1. The molecule has 0 heterocycles. The van der Waals surface area contributed by atoms with E-state index in [0.717, 1.165) is 10.8 Å². The molecule has 0 aromatic heterocycles. The zero-order valence-electron chi connectivity index (χ0n) is 9.23. The highest BCUT2D eigenvalue weighted by molar-refractivity contribution is 6.04. The highest BCUT2D eigenvalue weighted by atomic mass is 16.4. The first-order valence-corrected chi connectivity index (χ1v) is 5.11. The second-order valence-electron chi connectivity index (χ2n) is 3.73. The SMILES string of the molecule is CC(=O)Nc1cc2ccccc2cc1C(=O)O. The van der Waals surface area contributed by atoms with Crippen LogP contribution >= 0.6 is 0 Å². The Morgan fingerprint density at radius 3 is 2.24 bits per heavy atom. The molecule has 0 aliphatic carbocycles. The lowest BCUT2D eigenvalue weighted by Gasteiger charge is -2.08. The Bertz CT molecular complexity index is 605. The molecular formula is C13H11NO3. The third-order valence-electron chi connectivity index (χ3n) is 2.43. The van der Waals surface area contributed by atoms with Crippen molar-refractivity contribution in [3.8, 4) is 0 Å². The molecule has 2 aromatic rings. The Morgan fingerprint density at radius 1 is 1.12 bits per heavy atom. The molecule has 0 bridgehead atoms. The van der Waals surface area contributed by atoms with E-state index in [-0.39, 0.29) is 11.5 Å². The number of carbonyl (C=O) groups is 2. The largest absolute Gasteiger partial charge is 0.478 e. The van der Waals surface area contributed by atoms with Crippen LogP contribution in [0.3, 0.4) is 0 Å². The molecule has 2 aromatic carbocycles. The Morgan fingerprint density at radius 2 is 1.71 bits per heavy atom. The highest BCUT2D eigenvalue weighted by Crippen LogP contribution is 2.24. The van der Waals surface area contributed by atoms with Crippen LogP contribution in [0, 0.1) is 0 Å². The monoisotopic (exact) mass is 229 g/mol. The molecule has 1 amide bonds. The van der Waals surface area contributed by atoms with Crippen LogP contribution in [0.1, 0.15) is 17.3 Å². The first-order chi connectivity index (χ1) is 8.08. The van der Waals surface area contributed by atoms with Crippen molar-refractivity contribution in [2.45, 2.75) is 6.92 Å². The van der Waals surface area contributed by atoms with Crippen LogP contribution < -0.4 is 5.32 Å². The molecule has 17 heavy (non-hydrogen) atoms. The molecule has 4 heteroatoms. The fourth-order valence-electron chi connectivity index (χ4n) is 1.71. The molecule has 0 spiro atoms. The minimum absolute atomic E-state index is 0.0962. The smallest absolute Gasteiger partial charge is 0.337 e. The van der Waals surface area contributed by atoms with Gasteiger partial charge >= 0.3 is 5.97 Å². The molecule has 2 rings (SSSR count). The summed E-state index contributed by atoms with van der Waals surface area (Å²) in [5.41, 5.74) is 0.419. The van der Waals surface area contributed by atoms with E-state index in [1.807, 2.05) is 24.3 Å². The van der Waals surface area contributed by atoms with Gasteiger partial charge in [0.15, 0.2) is 0 Å². The van der Waals surface area contributed by atoms with E-state index in [2.05, 4.69) is 5.32 Å². The number of carboxylic acid groups (broad SMARTS) is 1. The highest BCUT2D eigenvalue weighted by Gasteiger charge is 2.12. The molecule has 0 aliphatic heterocycles. The van der Waals surface area contributed by atoms with Crippen molar-refractivity contribution in [1.82, 2.24) is 0 Å². The van der Waals surface area contributed by atoms with E-state index in [9.17, 15) is 9.59 Å². The lowest BCUT2D eigenvalue weighted by Crippen LogP contribution is -2.10. The molecule has 0 saturated carbocycles. The molecule has 86 valence electrons. The van der Waals surface area contributed by atoms with E-state index in [4.69, 9.17) is 5.11 Å². The molecule has 2 N–H and O–H groups in total. The normalized spacial score (nSPS) is 10.2. The summed E-state index contributed by atoms with van der Waals surface area (Å²) in [5.74, 6) is -1.35. The number of hydrogen-bond donors (Lipinski definition) is 2. The molecular weight excluding hydrogens is 218 g/mol. The minimum Gasteiger partial charge on any atom is -0.478 e. The van der Waals surface area contributed by atoms with Gasteiger partial charge < -0.3 is 10.4 Å². The molecule has 0 aliphatic rings. The molecule has 0 radical (unpaired) electrons. The Balaban J connectivity index is 2.66. The van der Waals surface area contributed by atoms with Crippen molar-refractivity contribution < 1.29 is 14.7 Å². The summed E-state index contributed by atoms with van der Waals surface area (Å²) in [5, 5.41) is 13.3. The number of anilines is 1. The van der Waals surface area contributed by atoms with Gasteiger partial charge in [0.25, 0.3) is 0 Å². The summed E-state index contributed by atoms with van der Waals surface area (Å²) in [6, 6.07) is 10.6. The summed E-state index contributed by atoms with van der Waals surface area (Å²) in [7, 11) is 0. The van der Waals surface area contributed by atoms with Gasteiger partial charge in [-0.05, 0) is 22.9 Å². The second kappa shape index (κ2) is 4.25. The maximum absolute atomic E-state index is 11.1. The third kappa shape index (κ3) is 2.25. The van der Waals surface area contributed by atoms with Crippen LogP contribution in [-0.2, 0) is 4.79 Å². The fraction of sp³-hybridized carbons (Fsp3) is 0.0769. The first kappa shape index (κ1) is 11.1. The van der Waals surface area contributed by atoms with Gasteiger partial charge in [-0.15, -0.1) is 0 Å². The van der Waals surface area contributed by atoms with E-state index in [0.29, 0.717) is 5.69 Å². The van der Waals surface area contributed by atoms with Crippen molar-refractivity contribution >= 4 is 28.3 Å². The number of carbonyl (C=O) groups excluding carboxylic acids is 1. The van der Waals surface area contributed by atoms with Crippen LogP contribution in [0.2, 0.25) is 0 Å². The van der Waals surface area contributed by atoms with Crippen LogP contribution in [0.15, 0.2) is 36.4 Å². The fourth-order valence-corrected chi connectivity index (χ4v) is 1.71. The molecule has 0 saturated heterocycles. The summed E-state index contributed by atoms with van der Waals surface area (Å²) >= 11 is 0. The van der Waals surface area contributed by atoms with Crippen molar-refractivity contribution in [3.05, 3.63) is 42.0 Å². The predicted octanol–water partition coefficient (Wildman–Crippen LogP) is 2.50. The van der Waals surface area contributed by atoms with Crippen molar-refractivity contribution in [2.24, 2.45) is 0 Å². The predicted molar refractivity (Wildman–Crippen MR) is 65.2 cm³/mol. The topological polar surface area (TPSA) is 66.4 Å². The summed E-state index contributed by atoms with van der Waals surface area (Å²) in [6.45, 7) is 1.35. The van der Waals surface area contributed by atoms with Crippen LogP contribution in [-0.4, -0.2) is 17.0 Å². The van der Waals surface area contributed by atoms with Gasteiger partial charge in [0, 0.05) is 6.92 Å². The van der Waals surface area contributed by atoms with E-state index in [1.54, 1.807) is 12.1 Å². The molecule has 0 atom stereocenters. The Kier molecular flexibility index (Phi) is 2.78. The van der Waals surface area contributed by atoms with Crippen molar-refractivity contribution in [3.63, 3.8) is 0 Å². The maximum atomic E-state index is 11.1. The maximum Gasteiger partial charge on any atom is 0.337 e. The second-order valence-corrected chi connectivity index (χ2v) is 3.73. The lowest BCUT2D eigenvalue weighted by atomic mass is 10.0. The number of rotatable bonds is 2. The van der Waals surface area contributed by atoms with Crippen LogP contribution in [0.25, 0.3) is 10.8 Å². The molecule has 0 unspecified atom stereocenters.